The fraction of sp³-hybridized carbons (Fsp3) is 0.294. The van der Waals surface area contributed by atoms with Gasteiger partial charge in [-0.05, 0) is 88.5 Å². The molecule has 2 aromatic heterocycles. The lowest BCUT2D eigenvalue weighted by molar-refractivity contribution is -0.135. The van der Waals surface area contributed by atoms with E-state index in [4.69, 9.17) is 19.4 Å². The summed E-state index contributed by atoms with van der Waals surface area (Å²) in [5.41, 5.74) is 6.87. The number of methoxy groups -OCH3 is 2. The minimum Gasteiger partial charge on any atom is -0.508 e. The number of phenols is 2. The van der Waals surface area contributed by atoms with Crippen molar-refractivity contribution in [2.75, 3.05) is 26.9 Å². The van der Waals surface area contributed by atoms with Gasteiger partial charge in [0.05, 0.1) is 57.3 Å². The summed E-state index contributed by atoms with van der Waals surface area (Å²) in [6.45, 7) is 5.00. The highest BCUT2D eigenvalue weighted by molar-refractivity contribution is 6.78. The fourth-order valence-corrected chi connectivity index (χ4v) is 12.6. The van der Waals surface area contributed by atoms with Crippen LogP contribution >= 0.6 is 0 Å². The summed E-state index contributed by atoms with van der Waals surface area (Å²) in [6.07, 6.45) is 2.82. The van der Waals surface area contributed by atoms with Gasteiger partial charge in [-0.2, -0.15) is 0 Å². The Bertz CT molecular complexity index is 3020. The molecule has 4 atom stereocenters. The summed E-state index contributed by atoms with van der Waals surface area (Å²) in [6, 6.07) is 30.3. The van der Waals surface area contributed by atoms with E-state index in [2.05, 4.69) is 70.1 Å². The summed E-state index contributed by atoms with van der Waals surface area (Å²) < 4.78 is 9.73. The first-order valence-corrected chi connectivity index (χ1v) is 26.1. The van der Waals surface area contributed by atoms with Crippen LogP contribution < -0.4 is 10.6 Å². The van der Waals surface area contributed by atoms with Crippen LogP contribution in [0.5, 0.6) is 11.5 Å². The molecule has 4 amide bonds. The zero-order valence-electron chi connectivity index (χ0n) is 38.3. The second-order valence-corrected chi connectivity index (χ2v) is 23.5. The maximum atomic E-state index is 14.3. The van der Waals surface area contributed by atoms with Crippen LogP contribution in [0.1, 0.15) is 47.7 Å². The highest BCUT2D eigenvalue weighted by Crippen LogP contribution is 2.39. The number of imidazole rings is 2. The van der Waals surface area contributed by atoms with Crippen molar-refractivity contribution in [2.45, 2.75) is 69.0 Å². The maximum Gasteiger partial charge on any atom is 0.407 e. The van der Waals surface area contributed by atoms with Crippen LogP contribution in [-0.4, -0.2) is 111 Å². The molecule has 5 aromatic carbocycles. The predicted octanol–water partition coefficient (Wildman–Crippen LogP) is 7.91. The topological polar surface area (TPSA) is 215 Å². The lowest BCUT2D eigenvalue weighted by Crippen LogP contribution is -2.50. The second-order valence-electron chi connectivity index (χ2n) is 18.4. The number of carbonyl (C=O) groups is 4. The van der Waals surface area contributed by atoms with Crippen LogP contribution in [0.4, 0.5) is 9.59 Å². The highest BCUT2D eigenvalue weighted by Gasteiger charge is 2.45. The Balaban J connectivity index is 0.913. The number of hydrogen-bond donors (Lipinski definition) is 6. The zero-order valence-corrected chi connectivity index (χ0v) is 39.3. The summed E-state index contributed by atoms with van der Waals surface area (Å²) >= 11 is 0. The molecular weight excluding hydrogens is 881 g/mol. The number of aromatic amines is 2. The molecule has 2 saturated heterocycles. The number of fused-ring (bicyclic) bond motifs is 3. The smallest absolute Gasteiger partial charge is 0.407 e. The molecule has 0 unspecified atom stereocenters. The van der Waals surface area contributed by atoms with Gasteiger partial charge in [-0.15, -0.1) is 0 Å². The third-order valence-electron chi connectivity index (χ3n) is 13.0. The molecule has 2 aliphatic heterocycles. The van der Waals surface area contributed by atoms with Crippen molar-refractivity contribution < 1.29 is 38.9 Å². The first kappa shape index (κ1) is 45.5. The first-order chi connectivity index (χ1) is 32.7. The molecule has 4 heterocycles. The Morgan fingerprint density at radius 1 is 0.735 bits per heavy atom. The monoisotopic (exact) mass is 934 g/mol. The van der Waals surface area contributed by atoms with Gasteiger partial charge in [0.15, 0.2) is 0 Å². The molecule has 0 radical (unpaired) electrons. The fourth-order valence-electron chi connectivity index (χ4n) is 9.75. The first-order valence-electron chi connectivity index (χ1n) is 22.7. The molecule has 68 heavy (non-hydrogen) atoms. The number of hydrogen-bond acceptors (Lipinski definition) is 10. The number of aromatic nitrogens is 4. The van der Waals surface area contributed by atoms with Gasteiger partial charge in [0.2, 0.25) is 11.8 Å². The summed E-state index contributed by atoms with van der Waals surface area (Å²) in [5.74, 6) is 1.03. The molecule has 0 aliphatic carbocycles. The Kier molecular flexibility index (Phi) is 12.7. The van der Waals surface area contributed by atoms with E-state index in [-0.39, 0.29) is 48.2 Å². The third-order valence-corrected chi connectivity index (χ3v) is 15.7. The SMILES string of the molecule is COC(=O)N[C@H](Cc1cccc(O)c1)C(=O)N1CCC[C@@H]1c1nc2c(ccc3cc(-c4ccc(-c5cnc([C@@H]6C[Si](C)(C)CN6C(=O)[C@@H](Cc6cccc(O)c6)NC(=O)OC)[nH]5)cc4)ccc32)[nH]1. The van der Waals surface area contributed by atoms with Crippen molar-refractivity contribution in [3.8, 4) is 33.9 Å². The number of ether oxygens (including phenoxy) is 2. The zero-order chi connectivity index (χ0) is 47.7. The molecule has 17 heteroatoms. The van der Waals surface area contributed by atoms with Crippen LogP contribution in [0.15, 0.2) is 109 Å². The number of likely N-dealkylation sites (tertiary alicyclic amines) is 1. The summed E-state index contributed by atoms with van der Waals surface area (Å²) in [5, 5.41) is 27.5. The quantitative estimate of drug-likeness (QED) is 0.0651. The molecule has 0 bridgehead atoms. The third kappa shape index (κ3) is 9.60. The lowest BCUT2D eigenvalue weighted by atomic mass is 9.99. The van der Waals surface area contributed by atoms with Crippen molar-refractivity contribution in [2.24, 2.45) is 0 Å². The number of rotatable bonds is 12. The van der Waals surface area contributed by atoms with Crippen molar-refractivity contribution in [3.05, 3.63) is 132 Å². The number of aromatic hydroxyl groups is 2. The van der Waals surface area contributed by atoms with E-state index in [1.54, 1.807) is 53.6 Å². The van der Waals surface area contributed by atoms with Crippen LogP contribution in [0.3, 0.4) is 0 Å². The van der Waals surface area contributed by atoms with E-state index in [0.29, 0.717) is 41.9 Å². The van der Waals surface area contributed by atoms with Crippen LogP contribution in [0.25, 0.3) is 44.2 Å². The largest absolute Gasteiger partial charge is 0.508 e. The van der Waals surface area contributed by atoms with Crippen LogP contribution in [0, 0.1) is 0 Å². The van der Waals surface area contributed by atoms with E-state index in [1.165, 1.54) is 14.2 Å². The predicted molar refractivity (Wildman–Crippen MR) is 259 cm³/mol. The van der Waals surface area contributed by atoms with E-state index in [0.717, 1.165) is 56.7 Å². The number of carbonyl (C=O) groups excluding carboxylic acids is 4. The molecule has 7 aromatic rings. The summed E-state index contributed by atoms with van der Waals surface area (Å²) in [7, 11) is 0.648. The number of benzene rings is 5. The van der Waals surface area contributed by atoms with Gasteiger partial charge in [0, 0.05) is 30.9 Å². The van der Waals surface area contributed by atoms with Gasteiger partial charge >= 0.3 is 12.2 Å². The van der Waals surface area contributed by atoms with Gasteiger partial charge in [0.1, 0.15) is 35.2 Å². The van der Waals surface area contributed by atoms with Crippen molar-refractivity contribution >= 4 is 53.9 Å². The number of amides is 4. The summed E-state index contributed by atoms with van der Waals surface area (Å²) in [4.78, 5) is 73.6. The molecular formula is C51H54N8O8Si. The Morgan fingerprint density at radius 2 is 1.35 bits per heavy atom. The van der Waals surface area contributed by atoms with Gasteiger partial charge in [0.25, 0.3) is 0 Å². The highest BCUT2D eigenvalue weighted by atomic mass is 28.3. The number of H-pyrrole nitrogens is 2. The average molecular weight is 935 g/mol. The Morgan fingerprint density at radius 3 is 1.99 bits per heavy atom. The number of phenolic OH excluding ortho intramolecular Hbond substituents is 2. The molecule has 16 nitrogen and oxygen atoms in total. The van der Waals surface area contributed by atoms with Crippen molar-refractivity contribution in [1.29, 1.82) is 0 Å². The Labute approximate surface area is 393 Å². The number of alkyl carbamates (subject to hydrolysis) is 2. The molecule has 350 valence electrons. The van der Waals surface area contributed by atoms with Crippen LogP contribution in [-0.2, 0) is 31.9 Å². The van der Waals surface area contributed by atoms with Gasteiger partial charge < -0.3 is 50.1 Å². The van der Waals surface area contributed by atoms with Gasteiger partial charge in [-0.25, -0.2) is 19.6 Å². The average Bonchev–Trinajstić information content (AvgIpc) is 4.16. The van der Waals surface area contributed by atoms with Gasteiger partial charge in [-0.3, -0.25) is 9.59 Å². The molecule has 2 fully saturated rings. The van der Waals surface area contributed by atoms with E-state index in [9.17, 15) is 29.4 Å². The second kappa shape index (κ2) is 18.9. The van der Waals surface area contributed by atoms with E-state index in [1.807, 2.05) is 29.2 Å². The minimum absolute atomic E-state index is 0.0764. The Hall–Kier alpha value is -7.66. The minimum atomic E-state index is -1.87. The lowest BCUT2D eigenvalue weighted by Gasteiger charge is -2.29. The maximum absolute atomic E-state index is 14.3. The standard InChI is InChI=1S/C51H54N8O8Si/c1-66-50(64)55-40(24-30-8-5-10-36(60)22-30)48(62)58-21-7-12-43(58)47-53-39-20-18-35-26-34(17-19-38(35)45(39)57-47)32-13-15-33(16-14-32)42-27-52-46(54-42)44-28-68(3,4)29-59(44)49(63)41(56-51(65)67-2)25-31-9-6-11-37(61)23-31/h5-6,8-11,13-20,22-23,26-27,40-41,43-44,60-61H,7,12,21,24-25,28-29H2,1-4H3,(H,52,54)(H,53,57)(H,55,64)(H,56,65)/t40-,41-,43-,44+/m1/s1. The molecule has 0 spiro atoms. The van der Waals surface area contributed by atoms with Crippen molar-refractivity contribution in [3.63, 3.8) is 0 Å². The molecule has 2 aliphatic rings. The molecule has 6 N–H and O–H groups in total. The van der Waals surface area contributed by atoms with E-state index < -0.39 is 32.3 Å². The van der Waals surface area contributed by atoms with E-state index >= 15 is 0 Å². The van der Waals surface area contributed by atoms with Crippen LogP contribution in [0.2, 0.25) is 19.1 Å². The van der Waals surface area contributed by atoms with Crippen molar-refractivity contribution in [1.82, 2.24) is 40.4 Å². The number of nitrogens with zero attached hydrogens (tertiary/aromatic N) is 4. The molecule has 0 saturated carbocycles. The van der Waals surface area contributed by atoms with Gasteiger partial charge in [-0.1, -0.05) is 79.8 Å². The normalized spacial score (nSPS) is 17.5. The number of nitrogens with one attached hydrogen (secondary N) is 4. The molecule has 9 rings (SSSR count).